The van der Waals surface area contributed by atoms with Gasteiger partial charge in [-0.25, -0.2) is 4.79 Å². The Labute approximate surface area is 152 Å². The quantitative estimate of drug-likeness (QED) is 0.248. The Morgan fingerprint density at radius 3 is 1.80 bits per heavy atom. The van der Waals surface area contributed by atoms with Crippen molar-refractivity contribution < 1.29 is 15.0 Å². The van der Waals surface area contributed by atoms with Crippen LogP contribution in [-0.2, 0) is 4.79 Å². The number of allylic oxidation sites excluding steroid dienone is 10. The van der Waals surface area contributed by atoms with Gasteiger partial charge in [-0.15, -0.1) is 0 Å². The van der Waals surface area contributed by atoms with Crippen molar-refractivity contribution in [1.82, 2.24) is 0 Å². The second-order valence-electron chi connectivity index (χ2n) is 5.75. The molecule has 0 bridgehead atoms. The zero-order valence-corrected chi connectivity index (χ0v) is 15.3. The van der Waals surface area contributed by atoms with Gasteiger partial charge in [0.05, 0.1) is 6.10 Å². The molecule has 0 aromatic rings. The van der Waals surface area contributed by atoms with Crippen molar-refractivity contribution in [3.63, 3.8) is 0 Å². The summed E-state index contributed by atoms with van der Waals surface area (Å²) in [6.07, 6.45) is 28.8. The molecule has 0 aromatic carbocycles. The minimum absolute atomic E-state index is 0.358. The van der Waals surface area contributed by atoms with Gasteiger partial charge < -0.3 is 10.2 Å². The van der Waals surface area contributed by atoms with E-state index >= 15 is 0 Å². The van der Waals surface area contributed by atoms with Gasteiger partial charge in [-0.05, 0) is 6.42 Å². The van der Waals surface area contributed by atoms with Crippen molar-refractivity contribution >= 4 is 5.97 Å². The lowest BCUT2D eigenvalue weighted by Gasteiger charge is -2.04. The predicted octanol–water partition coefficient (Wildman–Crippen LogP) is 5.52. The fourth-order valence-corrected chi connectivity index (χ4v) is 2.07. The molecule has 0 unspecified atom stereocenters. The highest BCUT2D eigenvalue weighted by molar-refractivity contribution is 5.80. The van der Waals surface area contributed by atoms with Crippen LogP contribution in [-0.4, -0.2) is 22.3 Å². The zero-order valence-electron chi connectivity index (χ0n) is 15.3. The second kappa shape index (κ2) is 18.2. The fourth-order valence-electron chi connectivity index (χ4n) is 2.07. The third-order valence-electron chi connectivity index (χ3n) is 3.43. The average molecular weight is 344 g/mol. The number of hydrogen-bond acceptors (Lipinski definition) is 2. The summed E-state index contributed by atoms with van der Waals surface area (Å²) in [6, 6.07) is 0. The Bertz CT molecular complexity index is 493. The van der Waals surface area contributed by atoms with E-state index in [1.54, 1.807) is 12.2 Å². The lowest BCUT2D eigenvalue weighted by atomic mass is 10.1. The summed E-state index contributed by atoms with van der Waals surface area (Å²) >= 11 is 0. The van der Waals surface area contributed by atoms with Gasteiger partial charge in [-0.1, -0.05) is 112 Å². The van der Waals surface area contributed by atoms with Crippen molar-refractivity contribution in [1.29, 1.82) is 0 Å². The number of hydrogen-bond donors (Lipinski definition) is 2. The molecule has 0 rings (SSSR count). The number of aliphatic carboxylic acids is 1. The molecule has 3 nitrogen and oxygen atoms in total. The van der Waals surface area contributed by atoms with Gasteiger partial charge in [0.15, 0.2) is 0 Å². The maximum Gasteiger partial charge on any atom is 0.328 e. The lowest BCUT2D eigenvalue weighted by Crippen LogP contribution is -2.01. The Morgan fingerprint density at radius 2 is 1.24 bits per heavy atom. The molecular formula is C22H32O3. The van der Waals surface area contributed by atoms with E-state index in [1.807, 2.05) is 48.6 Å². The van der Waals surface area contributed by atoms with Crippen LogP contribution in [0.25, 0.3) is 0 Å². The van der Waals surface area contributed by atoms with E-state index in [-0.39, 0.29) is 6.10 Å². The molecule has 0 spiro atoms. The van der Waals surface area contributed by atoms with Crippen LogP contribution in [0, 0.1) is 0 Å². The molecular weight excluding hydrogens is 312 g/mol. The van der Waals surface area contributed by atoms with Crippen molar-refractivity contribution in [2.75, 3.05) is 0 Å². The van der Waals surface area contributed by atoms with Gasteiger partial charge in [0, 0.05) is 6.08 Å². The number of rotatable bonds is 14. The van der Waals surface area contributed by atoms with Crippen LogP contribution < -0.4 is 0 Å². The Hall–Kier alpha value is -2.13. The molecule has 0 heterocycles. The van der Waals surface area contributed by atoms with Gasteiger partial charge >= 0.3 is 5.97 Å². The van der Waals surface area contributed by atoms with E-state index in [0.29, 0.717) is 0 Å². The van der Waals surface area contributed by atoms with E-state index in [1.165, 1.54) is 38.2 Å². The van der Waals surface area contributed by atoms with Gasteiger partial charge in [-0.2, -0.15) is 0 Å². The van der Waals surface area contributed by atoms with Gasteiger partial charge in [0.2, 0.25) is 0 Å². The molecule has 2 N–H and O–H groups in total. The van der Waals surface area contributed by atoms with Crippen molar-refractivity contribution in [3.8, 4) is 0 Å². The highest BCUT2D eigenvalue weighted by atomic mass is 16.4. The highest BCUT2D eigenvalue weighted by Crippen LogP contribution is 2.09. The minimum atomic E-state index is -0.955. The monoisotopic (exact) mass is 344 g/mol. The van der Waals surface area contributed by atoms with Crippen LogP contribution in [0.3, 0.4) is 0 Å². The number of aliphatic hydroxyl groups excluding tert-OH is 1. The van der Waals surface area contributed by atoms with Gasteiger partial charge in [-0.3, -0.25) is 0 Å². The summed E-state index contributed by atoms with van der Waals surface area (Å²) in [5, 5.41) is 18.2. The maximum atomic E-state index is 10.2. The Kier molecular flexibility index (Phi) is 16.7. The topological polar surface area (TPSA) is 57.5 Å². The standard InChI is InChI=1S/C22H32O3/c1-2-3-4-5-12-15-18-21(23)19-16-13-10-8-6-7-9-11-14-17-20-22(24)25/h6-11,13-14,16-17,19-21,23H,2-5,12,15,18H2,1H3,(H,24,25)/t21-/m0/s1. The van der Waals surface area contributed by atoms with Crippen molar-refractivity contribution in [2.24, 2.45) is 0 Å². The average Bonchev–Trinajstić information content (AvgIpc) is 2.58. The molecule has 0 amide bonds. The van der Waals surface area contributed by atoms with Crippen LogP contribution in [0.15, 0.2) is 72.9 Å². The largest absolute Gasteiger partial charge is 0.478 e. The smallest absolute Gasteiger partial charge is 0.328 e. The number of carboxylic acid groups (broad SMARTS) is 1. The second-order valence-corrected chi connectivity index (χ2v) is 5.75. The molecule has 0 radical (unpaired) electrons. The first-order chi connectivity index (χ1) is 12.2. The molecule has 25 heavy (non-hydrogen) atoms. The Morgan fingerprint density at radius 1 is 0.760 bits per heavy atom. The van der Waals surface area contributed by atoms with Crippen LogP contribution in [0.4, 0.5) is 0 Å². The molecule has 0 aliphatic rings. The predicted molar refractivity (Wildman–Crippen MR) is 106 cm³/mol. The first-order valence-corrected chi connectivity index (χ1v) is 9.09. The summed E-state index contributed by atoms with van der Waals surface area (Å²) in [5.41, 5.74) is 0. The lowest BCUT2D eigenvalue weighted by molar-refractivity contribution is -0.131. The van der Waals surface area contributed by atoms with Gasteiger partial charge in [0.25, 0.3) is 0 Å². The van der Waals surface area contributed by atoms with E-state index in [9.17, 15) is 9.90 Å². The third-order valence-corrected chi connectivity index (χ3v) is 3.43. The van der Waals surface area contributed by atoms with Crippen molar-refractivity contribution in [3.05, 3.63) is 72.9 Å². The molecule has 0 saturated carbocycles. The zero-order chi connectivity index (χ0) is 18.6. The number of unbranched alkanes of at least 4 members (excludes halogenated alkanes) is 5. The first kappa shape index (κ1) is 22.9. The molecule has 3 heteroatoms. The van der Waals surface area contributed by atoms with E-state index in [4.69, 9.17) is 5.11 Å². The third kappa shape index (κ3) is 19.8. The van der Waals surface area contributed by atoms with Crippen LogP contribution in [0.5, 0.6) is 0 Å². The molecule has 0 fully saturated rings. The molecule has 0 aliphatic heterocycles. The number of carboxylic acids is 1. The fraction of sp³-hybridized carbons (Fsp3) is 0.409. The molecule has 0 saturated heterocycles. The minimum Gasteiger partial charge on any atom is -0.478 e. The molecule has 138 valence electrons. The first-order valence-electron chi connectivity index (χ1n) is 9.09. The normalized spacial score (nSPS) is 14.3. The Balaban J connectivity index is 3.77. The maximum absolute atomic E-state index is 10.2. The summed E-state index contributed by atoms with van der Waals surface area (Å²) in [4.78, 5) is 10.2. The number of carbonyl (C=O) groups is 1. The number of aliphatic hydroxyl groups is 1. The molecule has 0 aliphatic carbocycles. The molecule has 1 atom stereocenters. The van der Waals surface area contributed by atoms with Crippen LogP contribution in [0.2, 0.25) is 0 Å². The van der Waals surface area contributed by atoms with E-state index < -0.39 is 5.97 Å². The van der Waals surface area contributed by atoms with Gasteiger partial charge in [0.1, 0.15) is 0 Å². The summed E-state index contributed by atoms with van der Waals surface area (Å²) in [7, 11) is 0. The van der Waals surface area contributed by atoms with Crippen molar-refractivity contribution in [2.45, 2.75) is 58.0 Å². The SMILES string of the molecule is CCCCCCCC[C@H](O)C=CC=CC=CC=CC=CC=CC(=O)O. The molecule has 0 aromatic heterocycles. The van der Waals surface area contributed by atoms with E-state index in [2.05, 4.69) is 6.92 Å². The summed E-state index contributed by atoms with van der Waals surface area (Å²) in [5.74, 6) is -0.955. The summed E-state index contributed by atoms with van der Waals surface area (Å²) < 4.78 is 0. The van der Waals surface area contributed by atoms with Crippen LogP contribution in [0.1, 0.15) is 51.9 Å². The van der Waals surface area contributed by atoms with E-state index in [0.717, 1.165) is 18.9 Å². The highest BCUT2D eigenvalue weighted by Gasteiger charge is 1.97. The summed E-state index contributed by atoms with van der Waals surface area (Å²) in [6.45, 7) is 2.22. The van der Waals surface area contributed by atoms with Crippen LogP contribution >= 0.6 is 0 Å².